The highest BCUT2D eigenvalue weighted by Crippen LogP contribution is 2.25. The van der Waals surface area contributed by atoms with E-state index in [4.69, 9.17) is 4.74 Å². The molecule has 0 aliphatic heterocycles. The molecule has 0 bridgehead atoms. The molecule has 0 aliphatic rings. The summed E-state index contributed by atoms with van der Waals surface area (Å²) in [5.41, 5.74) is 0.891. The van der Waals surface area contributed by atoms with Crippen molar-refractivity contribution in [3.8, 4) is 11.5 Å². The number of rotatable bonds is 5. The van der Waals surface area contributed by atoms with Gasteiger partial charge < -0.3 is 20.5 Å². The number of amides is 1. The molecule has 0 unspecified atom stereocenters. The number of phenolic OH excluding ortho intramolecular Hbond substituents is 1. The Morgan fingerprint density at radius 2 is 2.25 bits per heavy atom. The maximum atomic E-state index is 10.9. The second-order valence-electron chi connectivity index (χ2n) is 3.28. The summed E-state index contributed by atoms with van der Waals surface area (Å²) >= 11 is 0. The van der Waals surface area contributed by atoms with Crippen molar-refractivity contribution in [3.63, 3.8) is 0 Å². The van der Waals surface area contributed by atoms with Crippen molar-refractivity contribution in [2.24, 2.45) is 0 Å². The number of hydrogen-bond donors (Lipinski definition) is 3. The van der Waals surface area contributed by atoms with E-state index in [0.29, 0.717) is 12.3 Å². The number of hydrogen-bond acceptors (Lipinski definition) is 4. The Labute approximate surface area is 94.4 Å². The summed E-state index contributed by atoms with van der Waals surface area (Å²) in [5, 5.41) is 15.0. The van der Waals surface area contributed by atoms with Gasteiger partial charge >= 0.3 is 0 Å². The van der Waals surface area contributed by atoms with E-state index < -0.39 is 0 Å². The SMILES string of the molecule is CNC(=O)CNCc1ccc(OC)c(O)c1. The van der Waals surface area contributed by atoms with Gasteiger partial charge in [0.15, 0.2) is 11.5 Å². The third-order valence-electron chi connectivity index (χ3n) is 2.14. The van der Waals surface area contributed by atoms with Crippen LogP contribution in [0.15, 0.2) is 18.2 Å². The van der Waals surface area contributed by atoms with Crippen LogP contribution in [0.25, 0.3) is 0 Å². The highest BCUT2D eigenvalue weighted by molar-refractivity contribution is 5.77. The van der Waals surface area contributed by atoms with Crippen molar-refractivity contribution < 1.29 is 14.6 Å². The van der Waals surface area contributed by atoms with Crippen molar-refractivity contribution >= 4 is 5.91 Å². The summed E-state index contributed by atoms with van der Waals surface area (Å²) in [7, 11) is 3.09. The first-order chi connectivity index (χ1) is 7.67. The Hall–Kier alpha value is -1.75. The fourth-order valence-corrected chi connectivity index (χ4v) is 1.25. The van der Waals surface area contributed by atoms with Gasteiger partial charge in [0.25, 0.3) is 0 Å². The molecule has 0 aliphatic carbocycles. The first kappa shape index (κ1) is 12.3. The molecule has 1 aromatic rings. The van der Waals surface area contributed by atoms with E-state index >= 15 is 0 Å². The molecular formula is C11H16N2O3. The van der Waals surface area contributed by atoms with E-state index in [1.165, 1.54) is 7.11 Å². The molecule has 1 amide bonds. The highest BCUT2D eigenvalue weighted by Gasteiger charge is 2.02. The summed E-state index contributed by atoms with van der Waals surface area (Å²) in [6.45, 7) is 0.772. The second kappa shape index (κ2) is 5.97. The van der Waals surface area contributed by atoms with Crippen LogP contribution in [-0.2, 0) is 11.3 Å². The summed E-state index contributed by atoms with van der Waals surface area (Å²) in [6.07, 6.45) is 0. The first-order valence-corrected chi connectivity index (χ1v) is 4.94. The molecular weight excluding hydrogens is 208 g/mol. The van der Waals surface area contributed by atoms with E-state index in [1.54, 1.807) is 19.2 Å². The largest absolute Gasteiger partial charge is 0.504 e. The van der Waals surface area contributed by atoms with Gasteiger partial charge in [-0.25, -0.2) is 0 Å². The summed E-state index contributed by atoms with van der Waals surface area (Å²) in [5.74, 6) is 0.467. The molecule has 5 nitrogen and oxygen atoms in total. The van der Waals surface area contributed by atoms with E-state index in [0.717, 1.165) is 5.56 Å². The van der Waals surface area contributed by atoms with Crippen LogP contribution in [0.1, 0.15) is 5.56 Å². The van der Waals surface area contributed by atoms with Gasteiger partial charge in [-0.1, -0.05) is 6.07 Å². The maximum absolute atomic E-state index is 10.9. The molecule has 0 fully saturated rings. The average molecular weight is 224 g/mol. The summed E-state index contributed by atoms with van der Waals surface area (Å²) in [4.78, 5) is 10.9. The lowest BCUT2D eigenvalue weighted by Gasteiger charge is -2.07. The number of ether oxygens (including phenoxy) is 1. The van der Waals surface area contributed by atoms with Crippen molar-refractivity contribution in [1.82, 2.24) is 10.6 Å². The van der Waals surface area contributed by atoms with E-state index in [1.807, 2.05) is 6.07 Å². The highest BCUT2D eigenvalue weighted by atomic mass is 16.5. The van der Waals surface area contributed by atoms with Gasteiger partial charge in [-0.05, 0) is 17.7 Å². The first-order valence-electron chi connectivity index (χ1n) is 4.94. The molecule has 0 heterocycles. The van der Waals surface area contributed by atoms with E-state index in [-0.39, 0.29) is 18.2 Å². The van der Waals surface area contributed by atoms with Gasteiger partial charge in [-0.3, -0.25) is 4.79 Å². The number of likely N-dealkylation sites (N-methyl/N-ethyl adjacent to an activating group) is 1. The standard InChI is InChI=1S/C11H16N2O3/c1-12-11(15)7-13-6-8-3-4-10(16-2)9(14)5-8/h3-5,13-14H,6-7H2,1-2H3,(H,12,15). The lowest BCUT2D eigenvalue weighted by Crippen LogP contribution is -2.30. The fourth-order valence-electron chi connectivity index (χ4n) is 1.25. The Morgan fingerprint density at radius 3 is 2.81 bits per heavy atom. The minimum Gasteiger partial charge on any atom is -0.504 e. The Balaban J connectivity index is 2.49. The van der Waals surface area contributed by atoms with Crippen LogP contribution in [0.2, 0.25) is 0 Å². The molecule has 1 rings (SSSR count). The van der Waals surface area contributed by atoms with Crippen molar-refractivity contribution in [3.05, 3.63) is 23.8 Å². The molecule has 0 saturated carbocycles. The number of nitrogens with one attached hydrogen (secondary N) is 2. The van der Waals surface area contributed by atoms with Crippen LogP contribution in [0.3, 0.4) is 0 Å². The molecule has 88 valence electrons. The van der Waals surface area contributed by atoms with Crippen LogP contribution in [0.4, 0.5) is 0 Å². The normalized spacial score (nSPS) is 9.88. The molecule has 0 aromatic heterocycles. The Bertz CT molecular complexity index is 366. The van der Waals surface area contributed by atoms with Crippen molar-refractivity contribution in [2.75, 3.05) is 20.7 Å². The van der Waals surface area contributed by atoms with Crippen LogP contribution in [-0.4, -0.2) is 31.7 Å². The lowest BCUT2D eigenvalue weighted by molar-refractivity contribution is -0.119. The minimum absolute atomic E-state index is 0.0715. The quantitative estimate of drug-likeness (QED) is 0.670. The Morgan fingerprint density at radius 1 is 1.50 bits per heavy atom. The molecule has 3 N–H and O–H groups in total. The average Bonchev–Trinajstić information content (AvgIpc) is 2.29. The van der Waals surface area contributed by atoms with Crippen LogP contribution in [0, 0.1) is 0 Å². The molecule has 0 atom stereocenters. The number of phenols is 1. The van der Waals surface area contributed by atoms with Gasteiger partial charge in [0, 0.05) is 13.6 Å². The zero-order chi connectivity index (χ0) is 12.0. The lowest BCUT2D eigenvalue weighted by atomic mass is 10.2. The smallest absolute Gasteiger partial charge is 0.233 e. The van der Waals surface area contributed by atoms with Gasteiger partial charge in [-0.15, -0.1) is 0 Å². The number of aromatic hydroxyl groups is 1. The second-order valence-corrected chi connectivity index (χ2v) is 3.28. The summed E-state index contributed by atoms with van der Waals surface area (Å²) < 4.78 is 4.93. The number of carbonyl (C=O) groups is 1. The van der Waals surface area contributed by atoms with Gasteiger partial charge in [-0.2, -0.15) is 0 Å². The topological polar surface area (TPSA) is 70.6 Å². The zero-order valence-corrected chi connectivity index (χ0v) is 9.41. The molecule has 0 radical (unpaired) electrons. The van der Waals surface area contributed by atoms with Gasteiger partial charge in [0.1, 0.15) is 0 Å². The number of methoxy groups -OCH3 is 1. The van der Waals surface area contributed by atoms with Crippen LogP contribution < -0.4 is 15.4 Å². The molecule has 16 heavy (non-hydrogen) atoms. The van der Waals surface area contributed by atoms with Crippen molar-refractivity contribution in [2.45, 2.75) is 6.54 Å². The monoisotopic (exact) mass is 224 g/mol. The number of benzene rings is 1. The van der Waals surface area contributed by atoms with Crippen LogP contribution in [0.5, 0.6) is 11.5 Å². The predicted octanol–water partition coefficient (Wildman–Crippen LogP) is 0.236. The van der Waals surface area contributed by atoms with Gasteiger partial charge in [0.2, 0.25) is 5.91 Å². The Kier molecular flexibility index (Phi) is 4.60. The van der Waals surface area contributed by atoms with Crippen LogP contribution >= 0.6 is 0 Å². The molecule has 5 heteroatoms. The maximum Gasteiger partial charge on any atom is 0.233 e. The third-order valence-corrected chi connectivity index (χ3v) is 2.14. The zero-order valence-electron chi connectivity index (χ0n) is 9.41. The van der Waals surface area contributed by atoms with E-state index in [9.17, 15) is 9.90 Å². The minimum atomic E-state index is -0.0715. The summed E-state index contributed by atoms with van der Waals surface area (Å²) in [6, 6.07) is 5.12. The molecule has 0 spiro atoms. The van der Waals surface area contributed by atoms with Gasteiger partial charge in [0.05, 0.1) is 13.7 Å². The van der Waals surface area contributed by atoms with Crippen molar-refractivity contribution in [1.29, 1.82) is 0 Å². The third kappa shape index (κ3) is 3.43. The molecule has 0 saturated heterocycles. The number of carbonyl (C=O) groups excluding carboxylic acids is 1. The predicted molar refractivity (Wildman–Crippen MR) is 60.4 cm³/mol. The fraction of sp³-hybridized carbons (Fsp3) is 0.364. The van der Waals surface area contributed by atoms with E-state index in [2.05, 4.69) is 10.6 Å². The molecule has 1 aromatic carbocycles.